The van der Waals surface area contributed by atoms with Gasteiger partial charge in [-0.15, -0.1) is 0 Å². The Morgan fingerprint density at radius 3 is 2.42 bits per heavy atom. The standard InChI is InChI=1S/C29H45FO3/c1-7-19(16(2)3)27(33)26(32)17(4)21-8-9-22-20-15-25(30)24-14-18(31)10-12-29(24,6)23(20)11-13-28(21,22)5/h10,12,14,16-17,19-23,25-27,32-33H,7-9,11,13,15H2,1-6H3/t17?,19-,20?,21+,22?,23?,25?,26-,27-,28+,29+/m0/s1. The van der Waals surface area contributed by atoms with Crippen molar-refractivity contribution in [1.82, 2.24) is 0 Å². The molecule has 0 aromatic heterocycles. The highest BCUT2D eigenvalue weighted by Crippen LogP contribution is 2.67. The number of alkyl halides is 1. The van der Waals surface area contributed by atoms with Crippen LogP contribution in [-0.2, 0) is 4.79 Å². The van der Waals surface area contributed by atoms with Crippen molar-refractivity contribution in [3.8, 4) is 0 Å². The van der Waals surface area contributed by atoms with E-state index in [0.29, 0.717) is 41.6 Å². The van der Waals surface area contributed by atoms with Crippen LogP contribution in [-0.4, -0.2) is 34.4 Å². The number of ketones is 1. The topological polar surface area (TPSA) is 57.5 Å². The zero-order chi connectivity index (χ0) is 24.3. The van der Waals surface area contributed by atoms with Gasteiger partial charge in [-0.05, 0) is 96.7 Å². The van der Waals surface area contributed by atoms with E-state index in [1.165, 1.54) is 0 Å². The maximum absolute atomic E-state index is 15.5. The largest absolute Gasteiger partial charge is 0.390 e. The van der Waals surface area contributed by atoms with Gasteiger partial charge in [0.1, 0.15) is 6.17 Å². The molecule has 0 radical (unpaired) electrons. The number of allylic oxidation sites excluding steroid dienone is 4. The van der Waals surface area contributed by atoms with Crippen LogP contribution in [0.1, 0.15) is 80.1 Å². The average Bonchev–Trinajstić information content (AvgIpc) is 3.11. The van der Waals surface area contributed by atoms with Gasteiger partial charge in [-0.25, -0.2) is 4.39 Å². The first-order valence-electron chi connectivity index (χ1n) is 13.4. The van der Waals surface area contributed by atoms with E-state index < -0.39 is 18.4 Å². The second-order valence-corrected chi connectivity index (χ2v) is 12.6. The molecule has 2 N–H and O–H groups in total. The van der Waals surface area contributed by atoms with Gasteiger partial charge in [0.2, 0.25) is 0 Å². The third-order valence-electron chi connectivity index (χ3n) is 10.9. The molecule has 3 nitrogen and oxygen atoms in total. The van der Waals surface area contributed by atoms with Gasteiger partial charge in [-0.3, -0.25) is 4.79 Å². The lowest BCUT2D eigenvalue weighted by Gasteiger charge is -2.58. The second-order valence-electron chi connectivity index (χ2n) is 12.6. The van der Waals surface area contributed by atoms with Crippen molar-refractivity contribution in [3.63, 3.8) is 0 Å². The van der Waals surface area contributed by atoms with Gasteiger partial charge < -0.3 is 10.2 Å². The van der Waals surface area contributed by atoms with Crippen LogP contribution in [0.25, 0.3) is 0 Å². The second kappa shape index (κ2) is 8.90. The number of rotatable bonds is 6. The maximum atomic E-state index is 15.5. The number of aliphatic hydroxyl groups is 2. The Labute approximate surface area is 199 Å². The van der Waals surface area contributed by atoms with Crippen LogP contribution in [0, 0.1) is 52.3 Å². The molecular formula is C29H45FO3. The fraction of sp³-hybridized carbons (Fsp3) is 0.828. The molecule has 4 aliphatic carbocycles. The van der Waals surface area contributed by atoms with E-state index in [4.69, 9.17) is 0 Å². The summed E-state index contributed by atoms with van der Waals surface area (Å²) >= 11 is 0. The lowest BCUT2D eigenvalue weighted by atomic mass is 9.47. The molecule has 186 valence electrons. The van der Waals surface area contributed by atoms with Gasteiger partial charge in [0.05, 0.1) is 12.2 Å². The van der Waals surface area contributed by atoms with E-state index in [-0.39, 0.29) is 28.4 Å². The minimum absolute atomic E-state index is 0.0161. The third kappa shape index (κ3) is 3.88. The van der Waals surface area contributed by atoms with Crippen LogP contribution in [0.5, 0.6) is 0 Å². The Morgan fingerprint density at radius 1 is 1.09 bits per heavy atom. The van der Waals surface area contributed by atoms with Gasteiger partial charge in [0.25, 0.3) is 0 Å². The summed E-state index contributed by atoms with van der Waals surface area (Å²) in [5.41, 5.74) is 0.398. The van der Waals surface area contributed by atoms with Gasteiger partial charge >= 0.3 is 0 Å². The average molecular weight is 461 g/mol. The zero-order valence-electron chi connectivity index (χ0n) is 21.4. The van der Waals surface area contributed by atoms with E-state index in [2.05, 4.69) is 41.5 Å². The zero-order valence-corrected chi connectivity index (χ0v) is 21.4. The Hall–Kier alpha value is -1.00. The van der Waals surface area contributed by atoms with Crippen molar-refractivity contribution in [2.75, 3.05) is 0 Å². The molecule has 0 aromatic carbocycles. The summed E-state index contributed by atoms with van der Waals surface area (Å²) < 4.78 is 15.5. The van der Waals surface area contributed by atoms with Gasteiger partial charge in [0.15, 0.2) is 5.78 Å². The summed E-state index contributed by atoms with van der Waals surface area (Å²) in [7, 11) is 0. The highest BCUT2D eigenvalue weighted by molar-refractivity contribution is 6.01. The van der Waals surface area contributed by atoms with Crippen LogP contribution < -0.4 is 0 Å². The molecule has 3 fully saturated rings. The molecule has 4 rings (SSSR count). The normalized spacial score (nSPS) is 43.9. The summed E-state index contributed by atoms with van der Waals surface area (Å²) in [5, 5.41) is 22.3. The smallest absolute Gasteiger partial charge is 0.178 e. The van der Waals surface area contributed by atoms with E-state index in [1.54, 1.807) is 12.2 Å². The van der Waals surface area contributed by atoms with Crippen molar-refractivity contribution in [3.05, 3.63) is 23.8 Å². The van der Waals surface area contributed by atoms with Crippen LogP contribution >= 0.6 is 0 Å². The van der Waals surface area contributed by atoms with Crippen molar-refractivity contribution in [1.29, 1.82) is 0 Å². The Kier molecular flexibility index (Phi) is 6.77. The fourth-order valence-corrected chi connectivity index (χ4v) is 9.01. The van der Waals surface area contributed by atoms with Crippen LogP contribution in [0.15, 0.2) is 23.8 Å². The van der Waals surface area contributed by atoms with Crippen LogP contribution in [0.4, 0.5) is 4.39 Å². The first-order valence-corrected chi connectivity index (χ1v) is 13.4. The predicted octanol–water partition coefficient (Wildman–Crippen LogP) is 5.90. The number of carbonyl (C=O) groups excluding carboxylic acids is 1. The highest BCUT2D eigenvalue weighted by atomic mass is 19.1. The number of aliphatic hydroxyl groups excluding tert-OH is 2. The molecule has 5 unspecified atom stereocenters. The Morgan fingerprint density at radius 2 is 1.79 bits per heavy atom. The first kappa shape index (κ1) is 25.1. The van der Waals surface area contributed by atoms with E-state index in [0.717, 1.165) is 32.1 Å². The monoisotopic (exact) mass is 460 g/mol. The fourth-order valence-electron chi connectivity index (χ4n) is 9.01. The molecule has 4 aliphatic rings. The molecule has 0 bridgehead atoms. The van der Waals surface area contributed by atoms with Gasteiger partial charge in [-0.2, -0.15) is 0 Å². The summed E-state index contributed by atoms with van der Waals surface area (Å²) in [5.74, 6) is 1.80. The third-order valence-corrected chi connectivity index (χ3v) is 10.9. The van der Waals surface area contributed by atoms with Crippen LogP contribution in [0.2, 0.25) is 0 Å². The lowest BCUT2D eigenvalue weighted by Crippen LogP contribution is -2.53. The van der Waals surface area contributed by atoms with Crippen molar-refractivity contribution >= 4 is 5.78 Å². The number of hydrogen-bond donors (Lipinski definition) is 2. The van der Waals surface area contributed by atoms with Crippen molar-refractivity contribution in [2.45, 2.75) is 98.4 Å². The molecule has 0 aliphatic heterocycles. The maximum Gasteiger partial charge on any atom is 0.178 e. The molecule has 3 saturated carbocycles. The Balaban J connectivity index is 1.57. The summed E-state index contributed by atoms with van der Waals surface area (Å²) in [4.78, 5) is 12.0. The summed E-state index contributed by atoms with van der Waals surface area (Å²) in [6.45, 7) is 13.0. The SMILES string of the molecule is CC[C@@H](C(C)C)[C@H](O)[C@@H](O)C(C)[C@H]1CCC2C3CC(F)C4=CC(=O)C=C[C@]4(C)C3CC[C@@]21C. The summed E-state index contributed by atoms with van der Waals surface area (Å²) in [6.07, 6.45) is 8.30. The molecular weight excluding hydrogens is 415 g/mol. The molecule has 33 heavy (non-hydrogen) atoms. The van der Waals surface area contributed by atoms with E-state index in [9.17, 15) is 15.0 Å². The number of halogens is 1. The summed E-state index contributed by atoms with van der Waals surface area (Å²) in [6, 6.07) is 0. The molecule has 0 aromatic rings. The van der Waals surface area contributed by atoms with Crippen molar-refractivity contribution < 1.29 is 19.4 Å². The lowest BCUT2D eigenvalue weighted by molar-refractivity contribution is -0.112. The molecule has 4 heteroatoms. The quantitative estimate of drug-likeness (QED) is 0.519. The van der Waals surface area contributed by atoms with E-state index in [1.807, 2.05) is 6.08 Å². The predicted molar refractivity (Wildman–Crippen MR) is 130 cm³/mol. The minimum atomic E-state index is -1.05. The number of fused-ring (bicyclic) bond motifs is 5. The first-order chi connectivity index (χ1) is 15.5. The number of hydrogen-bond acceptors (Lipinski definition) is 3. The number of carbonyl (C=O) groups is 1. The molecule has 0 amide bonds. The Bertz CT molecular complexity index is 818. The molecule has 0 heterocycles. The van der Waals surface area contributed by atoms with Gasteiger partial charge in [-0.1, -0.05) is 54.0 Å². The molecule has 11 atom stereocenters. The van der Waals surface area contributed by atoms with Gasteiger partial charge in [0, 0.05) is 5.41 Å². The van der Waals surface area contributed by atoms with Crippen LogP contribution in [0.3, 0.4) is 0 Å². The molecule has 0 spiro atoms. The minimum Gasteiger partial charge on any atom is -0.390 e. The van der Waals surface area contributed by atoms with E-state index >= 15 is 4.39 Å². The highest BCUT2D eigenvalue weighted by Gasteiger charge is 2.61. The van der Waals surface area contributed by atoms with Crippen molar-refractivity contribution in [2.24, 2.45) is 52.3 Å². The molecule has 0 saturated heterocycles.